The normalized spacial score (nSPS) is 23.2. The molecule has 0 fully saturated rings. The molecule has 0 aromatic carbocycles. The van der Waals surface area contributed by atoms with Crippen LogP contribution in [0.4, 0.5) is 0 Å². The first kappa shape index (κ1) is 18.1. The Hall–Kier alpha value is -2.23. The van der Waals surface area contributed by atoms with Crippen molar-refractivity contribution in [2.24, 2.45) is 5.73 Å². The Morgan fingerprint density at radius 2 is 2.04 bits per heavy atom. The highest BCUT2D eigenvalue weighted by molar-refractivity contribution is 7.12. The summed E-state index contributed by atoms with van der Waals surface area (Å²) in [4.78, 5) is 35.3. The van der Waals surface area contributed by atoms with E-state index in [1.54, 1.807) is 17.5 Å². The van der Waals surface area contributed by atoms with E-state index in [0.29, 0.717) is 4.88 Å². The number of carbonyl (C=O) groups excluding carboxylic acids is 3. The van der Waals surface area contributed by atoms with E-state index in [9.17, 15) is 24.6 Å². The van der Waals surface area contributed by atoms with Crippen LogP contribution in [0.3, 0.4) is 0 Å². The van der Waals surface area contributed by atoms with Crippen molar-refractivity contribution in [3.63, 3.8) is 0 Å². The fourth-order valence-electron chi connectivity index (χ4n) is 2.31. The molecule has 3 amide bonds. The molecular weight excluding hydrogens is 334 g/mol. The molecule has 1 aliphatic carbocycles. The molecule has 6 N–H and O–H groups in total. The summed E-state index contributed by atoms with van der Waals surface area (Å²) in [5.41, 5.74) is 5.23. The van der Waals surface area contributed by atoms with E-state index >= 15 is 0 Å². The maximum Gasteiger partial charge on any atom is 0.261 e. The number of hydrogen-bond acceptors (Lipinski definition) is 6. The maximum absolute atomic E-state index is 12.1. The van der Waals surface area contributed by atoms with E-state index in [2.05, 4.69) is 10.6 Å². The van der Waals surface area contributed by atoms with Crippen molar-refractivity contribution in [1.82, 2.24) is 10.6 Å². The summed E-state index contributed by atoms with van der Waals surface area (Å²) in [5, 5.41) is 26.8. The number of rotatable bonds is 6. The molecule has 0 aliphatic heterocycles. The number of amides is 3. The van der Waals surface area contributed by atoms with E-state index in [4.69, 9.17) is 5.73 Å². The molecule has 3 atom stereocenters. The van der Waals surface area contributed by atoms with Crippen LogP contribution >= 0.6 is 11.3 Å². The SMILES string of the molecule is NC(=O)CCNC(=O)C1=CC(NC(=O)c2cccs2)C(O)C(O)C1. The number of aliphatic hydroxyl groups excluding tert-OH is 2. The number of thiophene rings is 1. The average molecular weight is 353 g/mol. The van der Waals surface area contributed by atoms with E-state index < -0.39 is 36.0 Å². The lowest BCUT2D eigenvalue weighted by Crippen LogP contribution is -2.51. The zero-order valence-corrected chi connectivity index (χ0v) is 13.6. The highest BCUT2D eigenvalue weighted by Crippen LogP contribution is 2.20. The number of hydrogen-bond donors (Lipinski definition) is 5. The van der Waals surface area contributed by atoms with Gasteiger partial charge < -0.3 is 26.6 Å². The van der Waals surface area contributed by atoms with Crippen molar-refractivity contribution in [3.05, 3.63) is 34.0 Å². The molecule has 0 radical (unpaired) electrons. The molecule has 0 saturated carbocycles. The molecule has 2 rings (SSSR count). The highest BCUT2D eigenvalue weighted by atomic mass is 32.1. The predicted molar refractivity (Wildman–Crippen MR) is 87.1 cm³/mol. The van der Waals surface area contributed by atoms with Crippen molar-refractivity contribution in [1.29, 1.82) is 0 Å². The first-order chi connectivity index (χ1) is 11.4. The Kier molecular flexibility index (Phi) is 6.07. The van der Waals surface area contributed by atoms with E-state index in [0.717, 1.165) is 0 Å². The van der Waals surface area contributed by atoms with Crippen LogP contribution in [0.1, 0.15) is 22.5 Å². The molecule has 0 saturated heterocycles. The first-order valence-electron chi connectivity index (χ1n) is 7.36. The van der Waals surface area contributed by atoms with Gasteiger partial charge in [0, 0.05) is 25.0 Å². The van der Waals surface area contributed by atoms with Crippen LogP contribution in [0.2, 0.25) is 0 Å². The van der Waals surface area contributed by atoms with Gasteiger partial charge in [-0.3, -0.25) is 14.4 Å². The minimum Gasteiger partial charge on any atom is -0.390 e. The van der Waals surface area contributed by atoms with Gasteiger partial charge in [-0.15, -0.1) is 11.3 Å². The molecule has 0 spiro atoms. The van der Waals surface area contributed by atoms with Crippen LogP contribution in [-0.2, 0) is 9.59 Å². The summed E-state index contributed by atoms with van der Waals surface area (Å²) >= 11 is 1.24. The monoisotopic (exact) mass is 353 g/mol. The summed E-state index contributed by atoms with van der Waals surface area (Å²) < 4.78 is 0. The third-order valence-electron chi connectivity index (χ3n) is 3.56. The lowest BCUT2D eigenvalue weighted by atomic mass is 9.90. The third-order valence-corrected chi connectivity index (χ3v) is 4.43. The van der Waals surface area contributed by atoms with Crippen molar-refractivity contribution in [2.75, 3.05) is 6.54 Å². The number of carbonyl (C=O) groups is 3. The molecule has 1 aromatic heterocycles. The summed E-state index contributed by atoms with van der Waals surface area (Å²) in [5.74, 6) is -1.41. The van der Waals surface area contributed by atoms with Gasteiger partial charge >= 0.3 is 0 Å². The minimum absolute atomic E-state index is 0.00272. The van der Waals surface area contributed by atoms with Crippen molar-refractivity contribution in [2.45, 2.75) is 31.1 Å². The largest absolute Gasteiger partial charge is 0.390 e. The van der Waals surface area contributed by atoms with Gasteiger partial charge in [0.05, 0.1) is 17.0 Å². The van der Waals surface area contributed by atoms with E-state index in [1.165, 1.54) is 17.4 Å². The predicted octanol–water partition coefficient (Wildman–Crippen LogP) is -1.11. The summed E-state index contributed by atoms with van der Waals surface area (Å²) in [6, 6.07) is 2.46. The molecule has 130 valence electrons. The van der Waals surface area contributed by atoms with Crippen LogP contribution in [0.5, 0.6) is 0 Å². The Morgan fingerprint density at radius 1 is 1.29 bits per heavy atom. The lowest BCUT2D eigenvalue weighted by Gasteiger charge is -2.30. The van der Waals surface area contributed by atoms with Crippen LogP contribution in [-0.4, -0.2) is 52.7 Å². The zero-order valence-electron chi connectivity index (χ0n) is 12.8. The van der Waals surface area contributed by atoms with Gasteiger partial charge in [0.25, 0.3) is 5.91 Å². The van der Waals surface area contributed by atoms with Gasteiger partial charge in [-0.1, -0.05) is 12.1 Å². The van der Waals surface area contributed by atoms with Gasteiger partial charge in [0.15, 0.2) is 0 Å². The molecular formula is C15H19N3O5S. The number of aliphatic hydroxyl groups is 2. The van der Waals surface area contributed by atoms with Crippen LogP contribution < -0.4 is 16.4 Å². The Labute approximate surface area is 142 Å². The topological polar surface area (TPSA) is 142 Å². The van der Waals surface area contributed by atoms with Crippen LogP contribution in [0.25, 0.3) is 0 Å². The highest BCUT2D eigenvalue weighted by Gasteiger charge is 2.33. The molecule has 0 bridgehead atoms. The summed E-state index contributed by atoms with van der Waals surface area (Å²) in [6.07, 6.45) is -1.02. The van der Waals surface area contributed by atoms with Gasteiger partial charge in [-0.05, 0) is 11.4 Å². The smallest absolute Gasteiger partial charge is 0.261 e. The van der Waals surface area contributed by atoms with E-state index in [1.807, 2.05) is 0 Å². The van der Waals surface area contributed by atoms with Crippen LogP contribution in [0, 0.1) is 0 Å². The zero-order chi connectivity index (χ0) is 17.7. The number of nitrogens with one attached hydrogen (secondary N) is 2. The molecule has 3 unspecified atom stereocenters. The molecule has 1 aliphatic rings. The quantitative estimate of drug-likeness (QED) is 0.441. The van der Waals surface area contributed by atoms with Gasteiger partial charge in [-0.25, -0.2) is 0 Å². The maximum atomic E-state index is 12.1. The number of nitrogens with two attached hydrogens (primary N) is 1. The van der Waals surface area contributed by atoms with Gasteiger partial charge in [-0.2, -0.15) is 0 Å². The summed E-state index contributed by atoms with van der Waals surface area (Å²) in [7, 11) is 0. The molecule has 1 aromatic rings. The van der Waals surface area contributed by atoms with Gasteiger partial charge in [0.1, 0.15) is 6.10 Å². The van der Waals surface area contributed by atoms with Crippen molar-refractivity contribution < 1.29 is 24.6 Å². The average Bonchev–Trinajstić information content (AvgIpc) is 3.05. The minimum atomic E-state index is -1.21. The van der Waals surface area contributed by atoms with Crippen molar-refractivity contribution in [3.8, 4) is 0 Å². The fourth-order valence-corrected chi connectivity index (χ4v) is 2.93. The second-order valence-corrected chi connectivity index (χ2v) is 6.35. The first-order valence-corrected chi connectivity index (χ1v) is 8.24. The Morgan fingerprint density at radius 3 is 2.67 bits per heavy atom. The Balaban J connectivity index is 2.04. The third kappa shape index (κ3) is 4.63. The fraction of sp³-hybridized carbons (Fsp3) is 0.400. The lowest BCUT2D eigenvalue weighted by molar-refractivity contribution is -0.119. The van der Waals surface area contributed by atoms with Crippen molar-refractivity contribution >= 4 is 29.1 Å². The summed E-state index contributed by atoms with van der Waals surface area (Å²) in [6.45, 7) is 0.0797. The standard InChI is InChI=1S/C15H19N3O5S/c16-12(20)3-4-17-14(22)8-6-9(13(21)10(19)7-8)18-15(23)11-2-1-5-24-11/h1-2,5-6,9-10,13,19,21H,3-4,7H2,(H2,16,20)(H,17,22)(H,18,23). The Bertz CT molecular complexity index is 644. The van der Waals surface area contributed by atoms with Crippen LogP contribution in [0.15, 0.2) is 29.2 Å². The number of primary amides is 1. The molecule has 8 nitrogen and oxygen atoms in total. The molecule has 24 heavy (non-hydrogen) atoms. The second kappa shape index (κ2) is 8.04. The second-order valence-electron chi connectivity index (χ2n) is 5.40. The molecule has 1 heterocycles. The molecule has 9 heteroatoms. The van der Waals surface area contributed by atoms with E-state index in [-0.39, 0.29) is 25.0 Å². The van der Waals surface area contributed by atoms with Gasteiger partial charge in [0.2, 0.25) is 11.8 Å².